The normalized spacial score (nSPS) is 21.3. The van der Waals surface area contributed by atoms with E-state index in [0.717, 1.165) is 19.4 Å². The Balaban J connectivity index is 1.64. The van der Waals surface area contributed by atoms with Crippen LogP contribution >= 0.6 is 0 Å². The van der Waals surface area contributed by atoms with Crippen LogP contribution in [0.3, 0.4) is 0 Å². The van der Waals surface area contributed by atoms with E-state index in [1.807, 2.05) is 25.1 Å². The standard InChI is InChI=1S/C27H35N3O4/c1-18-14-30(19(2)17-31)27(33)22-10-7-11-23(28-26(32)21-12-13-21)25(22)34-24(18)16-29(3)15-20-8-5-4-6-9-20/h4-11,18-19,21,24,31H,12-17H2,1-3H3,(H,28,32)/t18-,19-,24-/m0/s1. The fourth-order valence-electron chi connectivity index (χ4n) is 4.41. The smallest absolute Gasteiger partial charge is 0.258 e. The number of carbonyl (C=O) groups excluding carboxylic acids is 2. The van der Waals surface area contributed by atoms with Crippen molar-refractivity contribution in [3.05, 3.63) is 59.7 Å². The number of carbonyl (C=O) groups is 2. The van der Waals surface area contributed by atoms with Gasteiger partial charge in [-0.1, -0.05) is 43.3 Å². The van der Waals surface area contributed by atoms with Crippen LogP contribution in [0.1, 0.15) is 42.6 Å². The molecule has 7 heteroatoms. The number of nitrogens with zero attached hydrogens (tertiary/aromatic N) is 2. The number of hydrogen-bond acceptors (Lipinski definition) is 5. The predicted octanol–water partition coefficient (Wildman–Crippen LogP) is 3.39. The number of ether oxygens (including phenoxy) is 1. The summed E-state index contributed by atoms with van der Waals surface area (Å²) in [7, 11) is 2.06. The van der Waals surface area contributed by atoms with E-state index in [-0.39, 0.29) is 42.4 Å². The number of benzene rings is 2. The lowest BCUT2D eigenvalue weighted by atomic mass is 9.98. The Morgan fingerprint density at radius 2 is 1.94 bits per heavy atom. The highest BCUT2D eigenvalue weighted by molar-refractivity contribution is 6.02. The van der Waals surface area contributed by atoms with Gasteiger partial charge in [0.15, 0.2) is 5.75 Å². The molecular formula is C27H35N3O4. The number of likely N-dealkylation sites (N-methyl/N-ethyl adjacent to an activating group) is 1. The number of fused-ring (bicyclic) bond motifs is 1. The molecule has 0 radical (unpaired) electrons. The molecule has 7 nitrogen and oxygen atoms in total. The summed E-state index contributed by atoms with van der Waals surface area (Å²) in [6, 6.07) is 15.2. The van der Waals surface area contributed by atoms with Gasteiger partial charge < -0.3 is 20.1 Å². The van der Waals surface area contributed by atoms with Crippen LogP contribution in [-0.2, 0) is 11.3 Å². The number of rotatable bonds is 8. The van der Waals surface area contributed by atoms with Gasteiger partial charge in [-0.05, 0) is 44.5 Å². The zero-order valence-corrected chi connectivity index (χ0v) is 20.2. The SMILES string of the molecule is C[C@H]1CN([C@@H](C)CO)C(=O)c2cccc(NC(=O)C3CC3)c2O[C@H]1CN(C)Cc1ccccc1. The molecular weight excluding hydrogens is 430 g/mol. The van der Waals surface area contributed by atoms with Crippen LogP contribution < -0.4 is 10.1 Å². The molecule has 0 aromatic heterocycles. The lowest BCUT2D eigenvalue weighted by Crippen LogP contribution is -2.49. The zero-order chi connectivity index (χ0) is 24.2. The van der Waals surface area contributed by atoms with Gasteiger partial charge in [-0.2, -0.15) is 0 Å². The molecule has 1 aliphatic carbocycles. The largest absolute Gasteiger partial charge is 0.486 e. The third-order valence-electron chi connectivity index (χ3n) is 6.68. The Bertz CT molecular complexity index is 1010. The molecule has 2 N–H and O–H groups in total. The van der Waals surface area contributed by atoms with Crippen LogP contribution in [0.25, 0.3) is 0 Å². The number of aliphatic hydroxyl groups excluding tert-OH is 1. The number of nitrogens with one attached hydrogen (secondary N) is 1. The highest BCUT2D eigenvalue weighted by Crippen LogP contribution is 2.37. The molecule has 0 spiro atoms. The van der Waals surface area contributed by atoms with Crippen molar-refractivity contribution < 1.29 is 19.4 Å². The lowest BCUT2D eigenvalue weighted by molar-refractivity contribution is -0.117. The Labute approximate surface area is 201 Å². The molecule has 1 aliphatic heterocycles. The van der Waals surface area contributed by atoms with Gasteiger partial charge in [0.2, 0.25) is 5.91 Å². The number of para-hydroxylation sites is 1. The quantitative estimate of drug-likeness (QED) is 0.625. The van der Waals surface area contributed by atoms with E-state index in [1.165, 1.54) is 5.56 Å². The third kappa shape index (κ3) is 5.59. The summed E-state index contributed by atoms with van der Waals surface area (Å²) in [5.41, 5.74) is 2.16. The molecule has 34 heavy (non-hydrogen) atoms. The van der Waals surface area contributed by atoms with E-state index in [2.05, 4.69) is 36.3 Å². The molecule has 3 atom stereocenters. The molecule has 1 saturated carbocycles. The summed E-state index contributed by atoms with van der Waals surface area (Å²) in [5, 5.41) is 12.8. The average molecular weight is 466 g/mol. The first-order valence-corrected chi connectivity index (χ1v) is 12.1. The van der Waals surface area contributed by atoms with Gasteiger partial charge in [0.25, 0.3) is 5.91 Å². The molecule has 4 rings (SSSR count). The molecule has 2 amide bonds. The maximum Gasteiger partial charge on any atom is 0.258 e. The van der Waals surface area contributed by atoms with Gasteiger partial charge in [-0.3, -0.25) is 14.5 Å². The fourth-order valence-corrected chi connectivity index (χ4v) is 4.41. The molecule has 2 aromatic carbocycles. The van der Waals surface area contributed by atoms with Crippen molar-refractivity contribution in [3.8, 4) is 5.75 Å². The van der Waals surface area contributed by atoms with Crippen molar-refractivity contribution in [2.24, 2.45) is 11.8 Å². The van der Waals surface area contributed by atoms with Crippen LogP contribution in [0, 0.1) is 11.8 Å². The molecule has 2 aromatic rings. The molecule has 0 saturated heterocycles. The van der Waals surface area contributed by atoms with Gasteiger partial charge in [0, 0.05) is 31.5 Å². The number of aliphatic hydroxyl groups is 1. The van der Waals surface area contributed by atoms with Crippen LogP contribution in [0.4, 0.5) is 5.69 Å². The molecule has 1 fully saturated rings. The Kier molecular flexibility index (Phi) is 7.54. The molecule has 1 heterocycles. The second kappa shape index (κ2) is 10.6. The van der Waals surface area contributed by atoms with Crippen molar-refractivity contribution in [1.82, 2.24) is 9.80 Å². The van der Waals surface area contributed by atoms with Gasteiger partial charge in [0.1, 0.15) is 6.10 Å². The highest BCUT2D eigenvalue weighted by atomic mass is 16.5. The van der Waals surface area contributed by atoms with Crippen molar-refractivity contribution in [3.63, 3.8) is 0 Å². The average Bonchev–Trinajstić information content (AvgIpc) is 3.67. The van der Waals surface area contributed by atoms with Gasteiger partial charge in [0.05, 0.1) is 23.9 Å². The summed E-state index contributed by atoms with van der Waals surface area (Å²) >= 11 is 0. The predicted molar refractivity (Wildman–Crippen MR) is 132 cm³/mol. The number of anilines is 1. The minimum absolute atomic E-state index is 0.0107. The van der Waals surface area contributed by atoms with Crippen LogP contribution in [0.2, 0.25) is 0 Å². The molecule has 0 bridgehead atoms. The minimum Gasteiger partial charge on any atom is -0.486 e. The Hall–Kier alpha value is -2.90. The molecule has 2 aliphatic rings. The number of hydrogen-bond donors (Lipinski definition) is 2. The Morgan fingerprint density at radius 1 is 1.21 bits per heavy atom. The van der Waals surface area contributed by atoms with Gasteiger partial charge >= 0.3 is 0 Å². The van der Waals surface area contributed by atoms with Crippen molar-refractivity contribution in [2.45, 2.75) is 45.4 Å². The summed E-state index contributed by atoms with van der Waals surface area (Å²) in [6.07, 6.45) is 1.58. The van der Waals surface area contributed by atoms with Gasteiger partial charge in [-0.25, -0.2) is 0 Å². The van der Waals surface area contributed by atoms with Crippen LogP contribution in [0.5, 0.6) is 5.75 Å². The summed E-state index contributed by atoms with van der Waals surface area (Å²) in [6.45, 7) is 5.70. The van der Waals surface area contributed by atoms with Crippen molar-refractivity contribution in [2.75, 3.05) is 32.1 Å². The van der Waals surface area contributed by atoms with Crippen molar-refractivity contribution in [1.29, 1.82) is 0 Å². The van der Waals surface area contributed by atoms with Gasteiger partial charge in [-0.15, -0.1) is 0 Å². The zero-order valence-electron chi connectivity index (χ0n) is 20.2. The van der Waals surface area contributed by atoms with E-state index < -0.39 is 0 Å². The van der Waals surface area contributed by atoms with E-state index in [1.54, 1.807) is 23.1 Å². The second-order valence-electron chi connectivity index (χ2n) is 9.75. The topological polar surface area (TPSA) is 82.1 Å². The number of amides is 2. The lowest BCUT2D eigenvalue weighted by Gasteiger charge is -2.38. The van der Waals surface area contributed by atoms with Crippen LogP contribution in [-0.4, -0.2) is 65.6 Å². The monoisotopic (exact) mass is 465 g/mol. The summed E-state index contributed by atoms with van der Waals surface area (Å²) in [5.74, 6) is 0.246. The Morgan fingerprint density at radius 3 is 2.62 bits per heavy atom. The van der Waals surface area contributed by atoms with Crippen molar-refractivity contribution >= 4 is 17.5 Å². The van der Waals surface area contributed by atoms with E-state index in [0.29, 0.717) is 30.1 Å². The third-order valence-corrected chi connectivity index (χ3v) is 6.68. The fraction of sp³-hybridized carbons (Fsp3) is 0.481. The van der Waals surface area contributed by atoms with E-state index in [9.17, 15) is 14.7 Å². The van der Waals surface area contributed by atoms with Crippen LogP contribution in [0.15, 0.2) is 48.5 Å². The molecule has 182 valence electrons. The second-order valence-corrected chi connectivity index (χ2v) is 9.75. The first-order chi connectivity index (χ1) is 16.4. The highest BCUT2D eigenvalue weighted by Gasteiger charge is 2.35. The summed E-state index contributed by atoms with van der Waals surface area (Å²) in [4.78, 5) is 30.0. The van der Waals surface area contributed by atoms with E-state index in [4.69, 9.17) is 4.74 Å². The molecule has 0 unspecified atom stereocenters. The first-order valence-electron chi connectivity index (χ1n) is 12.1. The maximum atomic E-state index is 13.5. The maximum absolute atomic E-state index is 13.5. The van der Waals surface area contributed by atoms with E-state index >= 15 is 0 Å². The summed E-state index contributed by atoms with van der Waals surface area (Å²) < 4.78 is 6.56. The minimum atomic E-state index is -0.326. The first kappa shape index (κ1) is 24.2.